The highest BCUT2D eigenvalue weighted by atomic mass is 32.2. The molecule has 0 radical (unpaired) electrons. The summed E-state index contributed by atoms with van der Waals surface area (Å²) in [5.74, 6) is 1.85. The minimum absolute atomic E-state index is 0.0234. The van der Waals surface area contributed by atoms with E-state index in [0.717, 1.165) is 33.5 Å². The third kappa shape index (κ3) is 5.03. The molecule has 2 heterocycles. The number of ether oxygens (including phenoxy) is 2. The number of benzene rings is 2. The molecule has 156 valence electrons. The number of rotatable bonds is 8. The number of aromatic nitrogens is 2. The van der Waals surface area contributed by atoms with Gasteiger partial charge in [-0.1, -0.05) is 53.4 Å². The zero-order chi connectivity index (χ0) is 20.8. The van der Waals surface area contributed by atoms with Crippen LogP contribution in [0.1, 0.15) is 24.9 Å². The molecule has 1 aliphatic heterocycles. The van der Waals surface area contributed by atoms with Crippen molar-refractivity contribution in [1.82, 2.24) is 15.5 Å². The first-order chi connectivity index (χ1) is 14.7. The molecule has 7 nitrogen and oxygen atoms in total. The SMILES string of the molecule is CCOc1ccccc1Nc1nnc(SCC(=O)N[C@@H]2CCOc3ccccc32)s1. The van der Waals surface area contributed by atoms with Gasteiger partial charge in [0.15, 0.2) is 4.34 Å². The molecular weight excluding hydrogens is 420 g/mol. The molecule has 3 aromatic rings. The van der Waals surface area contributed by atoms with Crippen molar-refractivity contribution in [2.75, 3.05) is 24.3 Å². The third-order valence-corrected chi connectivity index (χ3v) is 6.43. The van der Waals surface area contributed by atoms with Crippen LogP contribution < -0.4 is 20.1 Å². The normalized spacial score (nSPS) is 15.0. The fraction of sp³-hybridized carbons (Fsp3) is 0.286. The number of nitrogens with zero attached hydrogens (tertiary/aromatic N) is 2. The average Bonchev–Trinajstić information content (AvgIpc) is 3.22. The fourth-order valence-electron chi connectivity index (χ4n) is 3.14. The third-order valence-electron chi connectivity index (χ3n) is 4.46. The molecule has 1 aliphatic rings. The molecule has 30 heavy (non-hydrogen) atoms. The molecule has 9 heteroatoms. The predicted molar refractivity (Wildman–Crippen MR) is 119 cm³/mol. The van der Waals surface area contributed by atoms with E-state index in [1.54, 1.807) is 0 Å². The Morgan fingerprint density at radius 1 is 1.23 bits per heavy atom. The van der Waals surface area contributed by atoms with Gasteiger partial charge >= 0.3 is 0 Å². The first kappa shape index (κ1) is 20.5. The number of fused-ring (bicyclic) bond motifs is 1. The van der Waals surface area contributed by atoms with Gasteiger partial charge in [0, 0.05) is 12.0 Å². The van der Waals surface area contributed by atoms with E-state index in [1.165, 1.54) is 23.1 Å². The van der Waals surface area contributed by atoms with Crippen molar-refractivity contribution in [3.63, 3.8) is 0 Å². The lowest BCUT2D eigenvalue weighted by atomic mass is 10.0. The van der Waals surface area contributed by atoms with Gasteiger partial charge < -0.3 is 20.1 Å². The van der Waals surface area contributed by atoms with Gasteiger partial charge in [0.2, 0.25) is 11.0 Å². The molecule has 1 amide bonds. The summed E-state index contributed by atoms with van der Waals surface area (Å²) >= 11 is 2.78. The van der Waals surface area contributed by atoms with Crippen LogP contribution in [-0.2, 0) is 4.79 Å². The van der Waals surface area contributed by atoms with E-state index in [2.05, 4.69) is 20.8 Å². The van der Waals surface area contributed by atoms with E-state index < -0.39 is 0 Å². The van der Waals surface area contributed by atoms with E-state index in [-0.39, 0.29) is 17.7 Å². The standard InChI is InChI=1S/C21H22N4O3S2/c1-2-27-18-10-6-4-8-16(18)23-20-24-25-21(30-20)29-13-19(26)22-15-11-12-28-17-9-5-3-7-14(15)17/h3-10,15H,2,11-13H2,1H3,(H,22,26)(H,23,24)/t15-/m1/s1. The maximum Gasteiger partial charge on any atom is 0.230 e. The quantitative estimate of drug-likeness (QED) is 0.500. The average molecular weight is 443 g/mol. The van der Waals surface area contributed by atoms with E-state index >= 15 is 0 Å². The minimum Gasteiger partial charge on any atom is -0.493 e. The van der Waals surface area contributed by atoms with Crippen LogP contribution in [0, 0.1) is 0 Å². The zero-order valence-electron chi connectivity index (χ0n) is 16.5. The number of nitrogens with one attached hydrogen (secondary N) is 2. The highest BCUT2D eigenvalue weighted by molar-refractivity contribution is 8.01. The summed E-state index contributed by atoms with van der Waals surface area (Å²) in [5, 5.41) is 15.3. The van der Waals surface area contributed by atoms with Crippen molar-refractivity contribution >= 4 is 39.8 Å². The number of anilines is 2. The second kappa shape index (κ2) is 9.82. The predicted octanol–water partition coefficient (Wildman–Crippen LogP) is 4.41. The summed E-state index contributed by atoms with van der Waals surface area (Å²) in [4.78, 5) is 12.5. The Labute approximate surface area is 183 Å². The second-order valence-corrected chi connectivity index (χ2v) is 8.71. The number of carbonyl (C=O) groups excluding carboxylic acids is 1. The molecule has 0 unspecified atom stereocenters. The summed E-state index contributed by atoms with van der Waals surface area (Å²) in [6.45, 7) is 3.13. The summed E-state index contributed by atoms with van der Waals surface area (Å²) < 4.78 is 12.0. The fourth-order valence-corrected chi connectivity index (χ4v) is 4.72. The van der Waals surface area contributed by atoms with E-state index in [0.29, 0.717) is 18.3 Å². The molecule has 0 saturated carbocycles. The molecule has 1 aromatic heterocycles. The van der Waals surface area contributed by atoms with Gasteiger partial charge in [0.05, 0.1) is 30.7 Å². The number of amides is 1. The lowest BCUT2D eigenvalue weighted by molar-refractivity contribution is -0.119. The Morgan fingerprint density at radius 3 is 2.97 bits per heavy atom. The molecule has 0 saturated heterocycles. The number of hydrogen-bond donors (Lipinski definition) is 2. The van der Waals surface area contributed by atoms with Gasteiger partial charge in [-0.15, -0.1) is 10.2 Å². The lowest BCUT2D eigenvalue weighted by Crippen LogP contribution is -2.33. The van der Waals surface area contributed by atoms with Crippen molar-refractivity contribution in [3.05, 3.63) is 54.1 Å². The molecule has 2 N–H and O–H groups in total. The summed E-state index contributed by atoms with van der Waals surface area (Å²) in [7, 11) is 0. The van der Waals surface area contributed by atoms with Crippen LogP contribution in [0.15, 0.2) is 52.9 Å². The summed E-state index contributed by atoms with van der Waals surface area (Å²) in [6.07, 6.45) is 0.763. The smallest absolute Gasteiger partial charge is 0.230 e. The number of carbonyl (C=O) groups is 1. The van der Waals surface area contributed by atoms with Gasteiger partial charge in [0.1, 0.15) is 11.5 Å². The molecule has 0 spiro atoms. The van der Waals surface area contributed by atoms with E-state index in [4.69, 9.17) is 9.47 Å². The zero-order valence-corrected chi connectivity index (χ0v) is 18.1. The second-order valence-electron chi connectivity index (χ2n) is 6.51. The topological polar surface area (TPSA) is 85.4 Å². The van der Waals surface area contributed by atoms with Gasteiger partial charge in [-0.2, -0.15) is 0 Å². The van der Waals surface area contributed by atoms with Crippen LogP contribution in [0.4, 0.5) is 10.8 Å². The minimum atomic E-state index is -0.0342. The van der Waals surface area contributed by atoms with Gasteiger partial charge in [0.25, 0.3) is 0 Å². The molecule has 0 aliphatic carbocycles. The van der Waals surface area contributed by atoms with Crippen LogP contribution in [-0.4, -0.2) is 35.1 Å². The monoisotopic (exact) mass is 442 g/mol. The van der Waals surface area contributed by atoms with Crippen LogP contribution in [0.2, 0.25) is 0 Å². The molecule has 2 aromatic carbocycles. The van der Waals surface area contributed by atoms with Crippen molar-refractivity contribution in [2.45, 2.75) is 23.7 Å². The Bertz CT molecular complexity index is 1010. The lowest BCUT2D eigenvalue weighted by Gasteiger charge is -2.26. The van der Waals surface area contributed by atoms with Gasteiger partial charge in [-0.3, -0.25) is 4.79 Å². The largest absolute Gasteiger partial charge is 0.493 e. The summed E-state index contributed by atoms with van der Waals surface area (Å²) in [5.41, 5.74) is 1.86. The summed E-state index contributed by atoms with van der Waals surface area (Å²) in [6, 6.07) is 15.5. The first-order valence-electron chi connectivity index (χ1n) is 9.69. The van der Waals surface area contributed by atoms with Crippen LogP contribution in [0.3, 0.4) is 0 Å². The van der Waals surface area contributed by atoms with Crippen molar-refractivity contribution in [3.8, 4) is 11.5 Å². The highest BCUT2D eigenvalue weighted by Crippen LogP contribution is 2.33. The Balaban J connectivity index is 1.31. The van der Waals surface area contributed by atoms with Crippen molar-refractivity contribution in [2.24, 2.45) is 0 Å². The maximum absolute atomic E-state index is 12.5. The van der Waals surface area contributed by atoms with Crippen LogP contribution in [0.25, 0.3) is 0 Å². The van der Waals surface area contributed by atoms with Gasteiger partial charge in [-0.05, 0) is 25.1 Å². The van der Waals surface area contributed by atoms with Crippen LogP contribution in [0.5, 0.6) is 11.5 Å². The molecule has 0 fully saturated rings. The molecule has 4 rings (SSSR count). The Morgan fingerprint density at radius 2 is 2.07 bits per heavy atom. The molecule has 1 atom stereocenters. The highest BCUT2D eigenvalue weighted by Gasteiger charge is 2.22. The first-order valence-corrected chi connectivity index (χ1v) is 11.5. The maximum atomic E-state index is 12.5. The van der Waals surface area contributed by atoms with Crippen LogP contribution >= 0.6 is 23.1 Å². The van der Waals surface area contributed by atoms with E-state index in [1.807, 2.05) is 55.5 Å². The van der Waals surface area contributed by atoms with Crippen molar-refractivity contribution < 1.29 is 14.3 Å². The Hall–Kier alpha value is -2.78. The number of para-hydroxylation sites is 3. The molecular formula is C21H22N4O3S2. The number of thioether (sulfide) groups is 1. The Kier molecular flexibility index (Phi) is 6.70. The molecule has 0 bridgehead atoms. The van der Waals surface area contributed by atoms with Crippen molar-refractivity contribution in [1.29, 1.82) is 0 Å². The van der Waals surface area contributed by atoms with Gasteiger partial charge in [-0.25, -0.2) is 0 Å². The van der Waals surface area contributed by atoms with E-state index in [9.17, 15) is 4.79 Å². The number of hydrogen-bond acceptors (Lipinski definition) is 8.